The van der Waals surface area contributed by atoms with Gasteiger partial charge in [-0.3, -0.25) is 9.59 Å². The fourth-order valence-corrected chi connectivity index (χ4v) is 3.38. The minimum absolute atomic E-state index is 0.342. The van der Waals surface area contributed by atoms with Gasteiger partial charge in [0.1, 0.15) is 0 Å². The van der Waals surface area contributed by atoms with Crippen LogP contribution in [0, 0.1) is 0 Å². The Kier molecular flexibility index (Phi) is 6.37. The molecule has 3 heteroatoms. The Balaban J connectivity index is 2.52. The van der Waals surface area contributed by atoms with Crippen LogP contribution < -0.4 is 5.32 Å². The lowest BCUT2D eigenvalue weighted by Crippen LogP contribution is -2.14. The molecule has 0 radical (unpaired) electrons. The monoisotopic (exact) mass is 315 g/mol. The summed E-state index contributed by atoms with van der Waals surface area (Å²) in [5, 5.41) is 2.78. The molecule has 0 atom stereocenters. The highest BCUT2D eigenvalue weighted by Gasteiger charge is 2.32. The first kappa shape index (κ1) is 17.7. The van der Waals surface area contributed by atoms with Crippen LogP contribution in [0.5, 0.6) is 0 Å². The molecule has 0 saturated heterocycles. The molecular formula is C20H29NO2. The highest BCUT2D eigenvalue weighted by molar-refractivity contribution is 6.52. The Hall–Kier alpha value is -1.64. The van der Waals surface area contributed by atoms with Gasteiger partial charge in [-0.15, -0.1) is 0 Å². The van der Waals surface area contributed by atoms with E-state index in [2.05, 4.69) is 32.2 Å². The molecule has 23 heavy (non-hydrogen) atoms. The van der Waals surface area contributed by atoms with Crippen molar-refractivity contribution in [2.24, 2.45) is 0 Å². The predicted molar refractivity (Wildman–Crippen MR) is 95.2 cm³/mol. The Bertz CT molecular complexity index is 590. The molecule has 1 aliphatic heterocycles. The molecule has 1 amide bonds. The molecule has 0 aromatic heterocycles. The van der Waals surface area contributed by atoms with E-state index in [1.807, 2.05) is 0 Å². The second-order valence-corrected chi connectivity index (χ2v) is 6.51. The predicted octanol–water partition coefficient (Wildman–Crippen LogP) is 4.85. The maximum Gasteiger partial charge on any atom is 0.296 e. The summed E-state index contributed by atoms with van der Waals surface area (Å²) < 4.78 is 0. The number of unbranched alkanes of at least 4 members (excludes halogenated alkanes) is 3. The summed E-state index contributed by atoms with van der Waals surface area (Å²) in [6.45, 7) is 6.56. The van der Waals surface area contributed by atoms with Gasteiger partial charge in [0.15, 0.2) is 0 Å². The summed E-state index contributed by atoms with van der Waals surface area (Å²) in [6.07, 6.45) is 9.68. The van der Waals surface area contributed by atoms with Gasteiger partial charge in [-0.05, 0) is 61.3 Å². The number of nitrogens with one attached hydrogen (secondary N) is 1. The number of ketones is 1. The minimum Gasteiger partial charge on any atom is -0.318 e. The number of amides is 1. The largest absolute Gasteiger partial charge is 0.318 e. The van der Waals surface area contributed by atoms with Crippen molar-refractivity contribution < 1.29 is 9.59 Å². The Labute approximate surface area is 139 Å². The van der Waals surface area contributed by atoms with Gasteiger partial charge >= 0.3 is 0 Å². The zero-order valence-electron chi connectivity index (χ0n) is 14.8. The maximum atomic E-state index is 12.3. The number of fused-ring (bicyclic) bond motifs is 1. The fourth-order valence-electron chi connectivity index (χ4n) is 3.38. The van der Waals surface area contributed by atoms with E-state index < -0.39 is 5.91 Å². The lowest BCUT2D eigenvalue weighted by atomic mass is 9.86. The first-order valence-corrected chi connectivity index (χ1v) is 9.17. The smallest absolute Gasteiger partial charge is 0.296 e. The molecule has 1 aliphatic rings. The zero-order chi connectivity index (χ0) is 16.8. The average molecular weight is 315 g/mol. The van der Waals surface area contributed by atoms with Crippen LogP contribution in [0.4, 0.5) is 5.69 Å². The molecule has 1 aromatic carbocycles. The summed E-state index contributed by atoms with van der Waals surface area (Å²) in [7, 11) is 0. The van der Waals surface area contributed by atoms with E-state index >= 15 is 0 Å². The summed E-state index contributed by atoms with van der Waals surface area (Å²) in [6, 6.07) is 2.06. The molecule has 0 saturated carbocycles. The number of benzene rings is 1. The van der Waals surface area contributed by atoms with E-state index in [4.69, 9.17) is 0 Å². The van der Waals surface area contributed by atoms with Crippen LogP contribution in [0.25, 0.3) is 0 Å². The van der Waals surface area contributed by atoms with Gasteiger partial charge in [-0.2, -0.15) is 0 Å². The lowest BCUT2D eigenvalue weighted by molar-refractivity contribution is -0.112. The number of hydrogen-bond donors (Lipinski definition) is 1. The van der Waals surface area contributed by atoms with Gasteiger partial charge < -0.3 is 5.32 Å². The minimum atomic E-state index is -0.466. The number of carbonyl (C=O) groups excluding carboxylic acids is 2. The van der Waals surface area contributed by atoms with Gasteiger partial charge in [0.2, 0.25) is 0 Å². The normalized spacial score (nSPS) is 13.3. The Morgan fingerprint density at radius 1 is 0.826 bits per heavy atom. The topological polar surface area (TPSA) is 46.2 Å². The molecule has 0 spiro atoms. The molecule has 0 aliphatic carbocycles. The first-order chi connectivity index (χ1) is 11.1. The maximum absolute atomic E-state index is 12.3. The molecule has 126 valence electrons. The van der Waals surface area contributed by atoms with Crippen molar-refractivity contribution in [1.82, 2.24) is 0 Å². The molecule has 0 bridgehead atoms. The van der Waals surface area contributed by atoms with Crippen LogP contribution in [0.3, 0.4) is 0 Å². The highest BCUT2D eigenvalue weighted by atomic mass is 16.2. The van der Waals surface area contributed by atoms with Crippen molar-refractivity contribution in [2.75, 3.05) is 5.32 Å². The average Bonchev–Trinajstić information content (AvgIpc) is 2.83. The van der Waals surface area contributed by atoms with E-state index in [9.17, 15) is 9.59 Å². The van der Waals surface area contributed by atoms with Crippen LogP contribution >= 0.6 is 0 Å². The highest BCUT2D eigenvalue weighted by Crippen LogP contribution is 2.34. The third-order valence-corrected chi connectivity index (χ3v) is 4.68. The summed E-state index contributed by atoms with van der Waals surface area (Å²) in [4.78, 5) is 24.2. The standard InChI is InChI=1S/C20H29NO2/c1-4-7-10-14-13-17-18(19(22)20(23)21-17)16(12-9-6-3)15(14)11-8-5-2/h13H,4-12H2,1-3H3,(H,21,22,23). The summed E-state index contributed by atoms with van der Waals surface area (Å²) >= 11 is 0. The van der Waals surface area contributed by atoms with E-state index in [-0.39, 0.29) is 5.78 Å². The Morgan fingerprint density at radius 3 is 2.00 bits per heavy atom. The van der Waals surface area contributed by atoms with Crippen LogP contribution in [0.2, 0.25) is 0 Å². The lowest BCUT2D eigenvalue weighted by Gasteiger charge is -2.18. The molecule has 1 N–H and O–H groups in total. The van der Waals surface area contributed by atoms with E-state index in [1.165, 1.54) is 11.1 Å². The third-order valence-electron chi connectivity index (χ3n) is 4.68. The van der Waals surface area contributed by atoms with Crippen LogP contribution in [-0.2, 0) is 24.1 Å². The van der Waals surface area contributed by atoms with Crippen LogP contribution in [0.15, 0.2) is 6.07 Å². The van der Waals surface area contributed by atoms with Crippen molar-refractivity contribution >= 4 is 17.4 Å². The number of Topliss-reactive ketones (excluding diaryl/α,β-unsaturated/α-hetero) is 1. The van der Waals surface area contributed by atoms with E-state index in [1.54, 1.807) is 0 Å². The quantitative estimate of drug-likeness (QED) is 0.662. The second-order valence-electron chi connectivity index (χ2n) is 6.51. The number of aryl methyl sites for hydroxylation is 1. The van der Waals surface area contributed by atoms with Gasteiger partial charge in [0.25, 0.3) is 11.7 Å². The van der Waals surface area contributed by atoms with Crippen LogP contribution in [-0.4, -0.2) is 11.7 Å². The summed E-state index contributed by atoms with van der Waals surface area (Å²) in [5.74, 6) is -0.808. The molecule has 0 unspecified atom stereocenters. The summed E-state index contributed by atoms with van der Waals surface area (Å²) in [5.41, 5.74) is 5.23. The third kappa shape index (κ3) is 3.82. The van der Waals surface area contributed by atoms with Gasteiger partial charge in [0, 0.05) is 0 Å². The van der Waals surface area contributed by atoms with E-state index in [0.717, 1.165) is 69.0 Å². The number of anilines is 1. The van der Waals surface area contributed by atoms with Crippen molar-refractivity contribution in [3.8, 4) is 0 Å². The van der Waals surface area contributed by atoms with E-state index in [0.29, 0.717) is 5.56 Å². The molecule has 0 fully saturated rings. The Morgan fingerprint density at radius 2 is 1.39 bits per heavy atom. The SMILES string of the molecule is CCCCc1cc2c(c(CCCC)c1CCCC)C(=O)C(=O)N2. The van der Waals surface area contributed by atoms with Crippen molar-refractivity contribution in [2.45, 2.75) is 78.6 Å². The molecular weight excluding hydrogens is 286 g/mol. The zero-order valence-corrected chi connectivity index (χ0v) is 14.8. The van der Waals surface area contributed by atoms with Crippen LogP contribution in [0.1, 0.15) is 86.3 Å². The fraction of sp³-hybridized carbons (Fsp3) is 0.600. The molecule has 1 aromatic rings. The first-order valence-electron chi connectivity index (χ1n) is 9.17. The van der Waals surface area contributed by atoms with Gasteiger partial charge in [-0.1, -0.05) is 40.0 Å². The van der Waals surface area contributed by atoms with Crippen molar-refractivity contribution in [1.29, 1.82) is 0 Å². The second kappa shape index (κ2) is 8.28. The molecule has 1 heterocycles. The van der Waals surface area contributed by atoms with Gasteiger partial charge in [-0.25, -0.2) is 0 Å². The molecule has 3 nitrogen and oxygen atoms in total. The van der Waals surface area contributed by atoms with Gasteiger partial charge in [0.05, 0.1) is 11.3 Å². The van der Waals surface area contributed by atoms with Crippen molar-refractivity contribution in [3.05, 3.63) is 28.3 Å². The number of hydrogen-bond acceptors (Lipinski definition) is 2. The van der Waals surface area contributed by atoms with Crippen molar-refractivity contribution in [3.63, 3.8) is 0 Å². The number of carbonyl (C=O) groups is 2. The molecule has 2 rings (SSSR count). The number of rotatable bonds is 9.